The first-order valence-corrected chi connectivity index (χ1v) is 5.69. The van der Waals surface area contributed by atoms with Crippen LogP contribution in [-0.4, -0.2) is 33.8 Å². The zero-order chi connectivity index (χ0) is 13.4. The van der Waals surface area contributed by atoms with Gasteiger partial charge in [0.25, 0.3) is 11.8 Å². The number of nitrogens with zero attached hydrogens (tertiary/aromatic N) is 1. The monoisotopic (exact) mass is 267 g/mol. The summed E-state index contributed by atoms with van der Waals surface area (Å²) in [6, 6.07) is 3.91. The molecule has 0 spiro atoms. The van der Waals surface area contributed by atoms with E-state index in [0.29, 0.717) is 0 Å². The number of fused-ring (bicyclic) bond motifs is 1. The molecule has 1 unspecified atom stereocenters. The Labute approximate surface area is 108 Å². The molecule has 1 aliphatic rings. The van der Waals surface area contributed by atoms with Gasteiger partial charge in [-0.2, -0.15) is 0 Å². The summed E-state index contributed by atoms with van der Waals surface area (Å²) in [5.74, 6) is -2.09. The Morgan fingerprint density at radius 2 is 2.06 bits per heavy atom. The van der Waals surface area contributed by atoms with Crippen molar-refractivity contribution in [2.75, 3.05) is 0 Å². The molecule has 2 amide bonds. The number of hydrogen-bond acceptors (Lipinski definition) is 3. The summed E-state index contributed by atoms with van der Waals surface area (Å²) in [6.45, 7) is 1.52. The molecule has 0 aliphatic carbocycles. The molecule has 0 aromatic heterocycles. The molecule has 94 valence electrons. The first-order chi connectivity index (χ1) is 8.43. The van der Waals surface area contributed by atoms with Crippen LogP contribution in [0.4, 0.5) is 0 Å². The highest BCUT2D eigenvalue weighted by Crippen LogP contribution is 2.30. The average Bonchev–Trinajstić information content (AvgIpc) is 2.51. The highest BCUT2D eigenvalue weighted by Gasteiger charge is 2.40. The van der Waals surface area contributed by atoms with Gasteiger partial charge in [0.1, 0.15) is 0 Å². The van der Waals surface area contributed by atoms with E-state index < -0.39 is 23.8 Å². The van der Waals surface area contributed by atoms with Crippen LogP contribution in [-0.2, 0) is 4.79 Å². The third-order valence-corrected chi connectivity index (χ3v) is 3.12. The number of benzene rings is 1. The molecule has 6 heteroatoms. The first kappa shape index (κ1) is 12.6. The Morgan fingerprint density at radius 1 is 1.39 bits per heavy atom. The number of carbonyl (C=O) groups excluding carboxylic acids is 2. The van der Waals surface area contributed by atoms with Crippen molar-refractivity contribution in [3.8, 4) is 0 Å². The van der Waals surface area contributed by atoms with E-state index in [1.54, 1.807) is 6.07 Å². The molecule has 18 heavy (non-hydrogen) atoms. The van der Waals surface area contributed by atoms with Crippen LogP contribution < -0.4 is 0 Å². The maximum Gasteiger partial charge on any atom is 0.305 e. The third-order valence-electron chi connectivity index (χ3n) is 2.81. The van der Waals surface area contributed by atoms with Crippen molar-refractivity contribution in [3.63, 3.8) is 0 Å². The smallest absolute Gasteiger partial charge is 0.305 e. The van der Waals surface area contributed by atoms with Crippen molar-refractivity contribution in [1.82, 2.24) is 4.90 Å². The van der Waals surface area contributed by atoms with Crippen LogP contribution in [0.3, 0.4) is 0 Å². The van der Waals surface area contributed by atoms with Crippen LogP contribution in [0.25, 0.3) is 0 Å². The van der Waals surface area contributed by atoms with Gasteiger partial charge in [-0.25, -0.2) is 0 Å². The number of carboxylic acid groups (broad SMARTS) is 1. The van der Waals surface area contributed by atoms with Crippen LogP contribution in [0.2, 0.25) is 5.02 Å². The van der Waals surface area contributed by atoms with E-state index in [1.807, 2.05) is 0 Å². The normalized spacial score (nSPS) is 15.8. The van der Waals surface area contributed by atoms with E-state index in [4.69, 9.17) is 16.7 Å². The lowest BCUT2D eigenvalue weighted by molar-refractivity contribution is -0.137. The topological polar surface area (TPSA) is 74.7 Å². The van der Waals surface area contributed by atoms with E-state index >= 15 is 0 Å². The van der Waals surface area contributed by atoms with Crippen LogP contribution >= 0.6 is 11.6 Å². The molecule has 1 atom stereocenters. The van der Waals surface area contributed by atoms with E-state index in [9.17, 15) is 14.4 Å². The minimum atomic E-state index is -1.06. The average molecular weight is 268 g/mol. The van der Waals surface area contributed by atoms with Gasteiger partial charge in [0.15, 0.2) is 0 Å². The molecule has 0 fully saturated rings. The Bertz CT molecular complexity index is 555. The zero-order valence-corrected chi connectivity index (χ0v) is 10.3. The number of hydrogen-bond donors (Lipinski definition) is 1. The van der Waals surface area contributed by atoms with Crippen molar-refractivity contribution in [1.29, 1.82) is 0 Å². The van der Waals surface area contributed by atoms with Gasteiger partial charge in [-0.15, -0.1) is 0 Å². The summed E-state index contributed by atoms with van der Waals surface area (Å²) in [5, 5.41) is 8.92. The number of halogens is 1. The summed E-state index contributed by atoms with van der Waals surface area (Å²) < 4.78 is 0. The zero-order valence-electron chi connectivity index (χ0n) is 9.51. The molecule has 1 heterocycles. The van der Waals surface area contributed by atoms with Crippen LogP contribution in [0.15, 0.2) is 18.2 Å². The molecule has 0 saturated carbocycles. The number of carbonyl (C=O) groups is 3. The fraction of sp³-hybridized carbons (Fsp3) is 0.250. The van der Waals surface area contributed by atoms with E-state index in [-0.39, 0.29) is 22.6 Å². The number of imide groups is 1. The summed E-state index contributed by atoms with van der Waals surface area (Å²) in [6.07, 6.45) is -0.289. The van der Waals surface area contributed by atoms with Crippen molar-refractivity contribution in [2.45, 2.75) is 19.4 Å². The molecule has 1 N–H and O–H groups in total. The largest absolute Gasteiger partial charge is 0.481 e. The number of aliphatic carboxylic acids is 1. The second-order valence-corrected chi connectivity index (χ2v) is 4.50. The fourth-order valence-corrected chi connectivity index (χ4v) is 2.26. The summed E-state index contributed by atoms with van der Waals surface area (Å²) >= 11 is 5.89. The van der Waals surface area contributed by atoms with Gasteiger partial charge >= 0.3 is 5.97 Å². The van der Waals surface area contributed by atoms with Crippen molar-refractivity contribution >= 4 is 29.4 Å². The Morgan fingerprint density at radius 3 is 2.61 bits per heavy atom. The Kier molecular flexibility index (Phi) is 3.09. The molecule has 5 nitrogen and oxygen atoms in total. The molecular formula is C12H10ClNO4. The summed E-state index contributed by atoms with van der Waals surface area (Å²) in [7, 11) is 0. The second-order valence-electron chi connectivity index (χ2n) is 4.09. The molecule has 1 aliphatic heterocycles. The van der Waals surface area contributed by atoms with Crippen molar-refractivity contribution in [3.05, 3.63) is 34.3 Å². The maximum atomic E-state index is 12.1. The first-order valence-electron chi connectivity index (χ1n) is 5.31. The molecule has 2 rings (SSSR count). The predicted octanol–water partition coefficient (Wildman–Crippen LogP) is 1.80. The standard InChI is InChI=1S/C12H10ClNO4/c1-6(5-9(15)16)14-11(17)7-3-2-4-8(13)10(7)12(14)18/h2-4,6H,5H2,1H3,(H,15,16). The van der Waals surface area contributed by atoms with Gasteiger partial charge in [-0.3, -0.25) is 19.3 Å². The lowest BCUT2D eigenvalue weighted by atomic mass is 10.1. The van der Waals surface area contributed by atoms with Gasteiger partial charge in [-0.05, 0) is 19.1 Å². The molecule has 1 aromatic rings. The highest BCUT2D eigenvalue weighted by atomic mass is 35.5. The van der Waals surface area contributed by atoms with E-state index in [2.05, 4.69) is 0 Å². The van der Waals surface area contributed by atoms with Gasteiger partial charge in [0.05, 0.1) is 22.6 Å². The highest BCUT2D eigenvalue weighted by molar-refractivity contribution is 6.37. The number of carboxylic acids is 1. The molecule has 0 radical (unpaired) electrons. The second kappa shape index (κ2) is 4.42. The Balaban J connectivity index is 2.40. The molecule has 0 saturated heterocycles. The molecule has 1 aromatic carbocycles. The quantitative estimate of drug-likeness (QED) is 0.848. The fourth-order valence-electron chi connectivity index (χ4n) is 2.01. The van der Waals surface area contributed by atoms with Crippen LogP contribution in [0.1, 0.15) is 34.1 Å². The lowest BCUT2D eigenvalue weighted by Gasteiger charge is -2.20. The van der Waals surface area contributed by atoms with Crippen molar-refractivity contribution < 1.29 is 19.5 Å². The van der Waals surface area contributed by atoms with E-state index in [1.165, 1.54) is 19.1 Å². The summed E-state index contributed by atoms with van der Waals surface area (Å²) in [4.78, 5) is 35.7. The van der Waals surface area contributed by atoms with Gasteiger partial charge < -0.3 is 5.11 Å². The predicted molar refractivity (Wildman–Crippen MR) is 63.7 cm³/mol. The van der Waals surface area contributed by atoms with Crippen molar-refractivity contribution in [2.24, 2.45) is 0 Å². The minimum absolute atomic E-state index is 0.154. The molecule has 0 bridgehead atoms. The van der Waals surface area contributed by atoms with Gasteiger partial charge in [-0.1, -0.05) is 17.7 Å². The van der Waals surface area contributed by atoms with Gasteiger partial charge in [0, 0.05) is 6.04 Å². The summed E-state index contributed by atoms with van der Waals surface area (Å²) in [5.41, 5.74) is 0.381. The third kappa shape index (κ3) is 1.86. The maximum absolute atomic E-state index is 12.1. The Hall–Kier alpha value is -1.88. The van der Waals surface area contributed by atoms with Crippen LogP contribution in [0, 0.1) is 0 Å². The number of rotatable bonds is 3. The van der Waals surface area contributed by atoms with E-state index in [0.717, 1.165) is 4.90 Å². The SMILES string of the molecule is CC(CC(=O)O)N1C(=O)c2cccc(Cl)c2C1=O. The minimum Gasteiger partial charge on any atom is -0.481 e. The van der Waals surface area contributed by atoms with Gasteiger partial charge in [0.2, 0.25) is 0 Å². The number of amides is 2. The molecular weight excluding hydrogens is 258 g/mol. The van der Waals surface area contributed by atoms with Crippen LogP contribution in [0.5, 0.6) is 0 Å². The lowest BCUT2D eigenvalue weighted by Crippen LogP contribution is -2.39.